The molecule has 0 atom stereocenters. The van der Waals surface area contributed by atoms with Crippen molar-refractivity contribution in [1.29, 1.82) is 0 Å². The molecule has 0 fully saturated rings. The summed E-state index contributed by atoms with van der Waals surface area (Å²) < 4.78 is 4.87. The molecule has 1 N–H and O–H groups in total. The highest BCUT2D eigenvalue weighted by Gasteiger charge is 2.02. The van der Waals surface area contributed by atoms with Crippen LogP contribution in [0.5, 0.6) is 0 Å². The minimum Gasteiger partial charge on any atom is -0.469 e. The first kappa shape index (κ1) is 7.02. The molecule has 0 unspecified atom stereocenters. The summed E-state index contributed by atoms with van der Waals surface area (Å²) in [6, 6.07) is 3.41. The second-order valence-corrected chi connectivity index (χ2v) is 1.95. The van der Waals surface area contributed by atoms with E-state index in [4.69, 9.17) is 9.52 Å². The van der Waals surface area contributed by atoms with Gasteiger partial charge in [0.2, 0.25) is 0 Å². The normalized spacial score (nSPS) is 9.70. The number of carbonyl (C=O) groups is 1. The molecule has 1 heterocycles. The van der Waals surface area contributed by atoms with Gasteiger partial charge in [0, 0.05) is 0 Å². The predicted molar refractivity (Wildman–Crippen MR) is 34.5 cm³/mol. The number of furan rings is 1. The molecule has 0 bridgehead atoms. The van der Waals surface area contributed by atoms with Crippen molar-refractivity contribution >= 4 is 5.78 Å². The molecule has 1 rings (SSSR count). The van der Waals surface area contributed by atoms with Crippen LogP contribution in [0.25, 0.3) is 0 Å². The highest BCUT2D eigenvalue weighted by atomic mass is 16.3. The molecule has 0 aliphatic rings. The van der Waals surface area contributed by atoms with Crippen LogP contribution in [0, 0.1) is 0 Å². The van der Waals surface area contributed by atoms with Gasteiger partial charge in [-0.05, 0) is 12.1 Å². The van der Waals surface area contributed by atoms with Crippen LogP contribution in [0.2, 0.25) is 0 Å². The van der Waals surface area contributed by atoms with Crippen LogP contribution in [0.15, 0.2) is 22.8 Å². The SMILES string of the molecule is O=C(CO)Cc1ccco1. The molecule has 0 aromatic carbocycles. The zero-order chi connectivity index (χ0) is 7.40. The van der Waals surface area contributed by atoms with Crippen molar-refractivity contribution in [2.75, 3.05) is 6.61 Å². The van der Waals surface area contributed by atoms with Gasteiger partial charge in [-0.3, -0.25) is 4.79 Å². The van der Waals surface area contributed by atoms with E-state index in [1.54, 1.807) is 12.1 Å². The fourth-order valence-corrected chi connectivity index (χ4v) is 0.663. The topological polar surface area (TPSA) is 50.4 Å². The van der Waals surface area contributed by atoms with Crippen LogP contribution in [0.4, 0.5) is 0 Å². The highest BCUT2D eigenvalue weighted by molar-refractivity contribution is 5.81. The van der Waals surface area contributed by atoms with Crippen LogP contribution in [0.3, 0.4) is 0 Å². The first-order valence-electron chi connectivity index (χ1n) is 2.98. The minimum absolute atomic E-state index is 0.184. The van der Waals surface area contributed by atoms with Crippen molar-refractivity contribution in [3.05, 3.63) is 24.2 Å². The smallest absolute Gasteiger partial charge is 0.165 e. The van der Waals surface area contributed by atoms with Gasteiger partial charge in [0.05, 0.1) is 12.7 Å². The van der Waals surface area contributed by atoms with E-state index in [9.17, 15) is 4.79 Å². The van der Waals surface area contributed by atoms with Gasteiger partial charge in [0.15, 0.2) is 5.78 Å². The molecule has 0 spiro atoms. The lowest BCUT2D eigenvalue weighted by Crippen LogP contribution is -2.06. The van der Waals surface area contributed by atoms with Crippen molar-refractivity contribution in [2.45, 2.75) is 6.42 Å². The van der Waals surface area contributed by atoms with Crippen LogP contribution in [-0.4, -0.2) is 17.5 Å². The van der Waals surface area contributed by atoms with E-state index in [2.05, 4.69) is 0 Å². The van der Waals surface area contributed by atoms with E-state index in [-0.39, 0.29) is 12.2 Å². The van der Waals surface area contributed by atoms with Gasteiger partial charge in [-0.25, -0.2) is 0 Å². The second kappa shape index (κ2) is 3.17. The summed E-state index contributed by atoms with van der Waals surface area (Å²) in [7, 11) is 0. The van der Waals surface area contributed by atoms with Gasteiger partial charge in [-0.15, -0.1) is 0 Å². The number of hydrogen-bond donors (Lipinski definition) is 1. The predicted octanol–water partition coefficient (Wildman–Crippen LogP) is 0.384. The molecule has 0 radical (unpaired) electrons. The summed E-state index contributed by atoms with van der Waals surface area (Å²) in [5.74, 6) is 0.369. The van der Waals surface area contributed by atoms with Gasteiger partial charge in [-0.1, -0.05) is 0 Å². The Bertz CT molecular complexity index is 201. The summed E-state index contributed by atoms with van der Waals surface area (Å²) in [4.78, 5) is 10.6. The number of rotatable bonds is 3. The summed E-state index contributed by atoms with van der Waals surface area (Å²) >= 11 is 0. The maximum Gasteiger partial charge on any atom is 0.165 e. The van der Waals surface area contributed by atoms with Gasteiger partial charge in [0.1, 0.15) is 12.4 Å². The molecule has 0 amide bonds. The number of aliphatic hydroxyl groups excluding tert-OH is 1. The van der Waals surface area contributed by atoms with Crippen LogP contribution >= 0.6 is 0 Å². The summed E-state index contributed by atoms with van der Waals surface area (Å²) in [5, 5.41) is 8.34. The minimum atomic E-state index is -0.416. The van der Waals surface area contributed by atoms with Crippen LogP contribution in [0.1, 0.15) is 5.76 Å². The van der Waals surface area contributed by atoms with Crippen molar-refractivity contribution in [1.82, 2.24) is 0 Å². The number of Topliss-reactive ketones (excluding diaryl/α,β-unsaturated/α-hetero) is 1. The number of ketones is 1. The lowest BCUT2D eigenvalue weighted by atomic mass is 10.2. The maximum absolute atomic E-state index is 10.6. The van der Waals surface area contributed by atoms with E-state index >= 15 is 0 Å². The molecule has 0 aliphatic carbocycles. The lowest BCUT2D eigenvalue weighted by molar-refractivity contribution is -0.121. The molecule has 3 heteroatoms. The Morgan fingerprint density at radius 2 is 2.50 bits per heavy atom. The fourth-order valence-electron chi connectivity index (χ4n) is 0.663. The zero-order valence-corrected chi connectivity index (χ0v) is 5.41. The monoisotopic (exact) mass is 140 g/mol. The van der Waals surface area contributed by atoms with E-state index in [0.717, 1.165) is 0 Å². The van der Waals surface area contributed by atoms with Crippen molar-refractivity contribution in [3.8, 4) is 0 Å². The summed E-state index contributed by atoms with van der Waals surface area (Å²) in [5.41, 5.74) is 0. The van der Waals surface area contributed by atoms with E-state index < -0.39 is 6.61 Å². The summed E-state index contributed by atoms with van der Waals surface area (Å²) in [6.07, 6.45) is 1.68. The van der Waals surface area contributed by atoms with E-state index in [1.807, 2.05) is 0 Å². The molecule has 0 saturated carbocycles. The highest BCUT2D eigenvalue weighted by Crippen LogP contribution is 2.00. The van der Waals surface area contributed by atoms with Gasteiger partial charge >= 0.3 is 0 Å². The van der Waals surface area contributed by atoms with Gasteiger partial charge < -0.3 is 9.52 Å². The number of carbonyl (C=O) groups excluding carboxylic acids is 1. The average molecular weight is 140 g/mol. The van der Waals surface area contributed by atoms with E-state index in [1.165, 1.54) is 6.26 Å². The first-order valence-corrected chi connectivity index (χ1v) is 2.98. The quantitative estimate of drug-likeness (QED) is 0.660. The Morgan fingerprint density at radius 1 is 1.70 bits per heavy atom. The molecule has 3 nitrogen and oxygen atoms in total. The molecule has 10 heavy (non-hydrogen) atoms. The lowest BCUT2D eigenvalue weighted by Gasteiger charge is -1.90. The molecule has 0 aliphatic heterocycles. The third-order valence-corrected chi connectivity index (χ3v) is 1.13. The third-order valence-electron chi connectivity index (χ3n) is 1.13. The zero-order valence-electron chi connectivity index (χ0n) is 5.41. The maximum atomic E-state index is 10.6. The Balaban J connectivity index is 2.48. The number of hydrogen-bond acceptors (Lipinski definition) is 3. The fraction of sp³-hybridized carbons (Fsp3) is 0.286. The molecular formula is C7H8O3. The largest absolute Gasteiger partial charge is 0.469 e. The van der Waals surface area contributed by atoms with Crippen molar-refractivity contribution < 1.29 is 14.3 Å². The Hall–Kier alpha value is -1.09. The standard InChI is InChI=1S/C7H8O3/c8-5-6(9)4-7-2-1-3-10-7/h1-3,8H,4-5H2. The molecule has 1 aromatic heterocycles. The third kappa shape index (κ3) is 1.70. The van der Waals surface area contributed by atoms with Crippen molar-refractivity contribution in [2.24, 2.45) is 0 Å². The Labute approximate surface area is 58.3 Å². The Kier molecular flexibility index (Phi) is 2.23. The second-order valence-electron chi connectivity index (χ2n) is 1.95. The summed E-state index contributed by atoms with van der Waals surface area (Å²) in [6.45, 7) is -0.416. The van der Waals surface area contributed by atoms with Gasteiger partial charge in [0.25, 0.3) is 0 Å². The molecule has 0 saturated heterocycles. The van der Waals surface area contributed by atoms with Gasteiger partial charge in [-0.2, -0.15) is 0 Å². The van der Waals surface area contributed by atoms with Crippen molar-refractivity contribution in [3.63, 3.8) is 0 Å². The number of aliphatic hydroxyl groups is 1. The average Bonchev–Trinajstić information content (AvgIpc) is 2.40. The molecule has 1 aromatic rings. The van der Waals surface area contributed by atoms with Crippen LogP contribution in [-0.2, 0) is 11.2 Å². The molecule has 54 valence electrons. The molecular weight excluding hydrogens is 132 g/mol. The Morgan fingerprint density at radius 3 is 3.00 bits per heavy atom. The van der Waals surface area contributed by atoms with E-state index in [0.29, 0.717) is 5.76 Å². The van der Waals surface area contributed by atoms with Crippen LogP contribution < -0.4 is 0 Å². The first-order chi connectivity index (χ1) is 4.83.